The fourth-order valence-electron chi connectivity index (χ4n) is 4.69. The van der Waals surface area contributed by atoms with Crippen molar-refractivity contribution in [1.82, 2.24) is 9.80 Å². The van der Waals surface area contributed by atoms with Crippen molar-refractivity contribution >= 4 is 17.5 Å². The monoisotopic (exact) mass is 412 g/mol. The summed E-state index contributed by atoms with van der Waals surface area (Å²) in [6, 6.07) is 13.0. The van der Waals surface area contributed by atoms with E-state index in [2.05, 4.69) is 29.2 Å². The van der Waals surface area contributed by atoms with Gasteiger partial charge in [-0.05, 0) is 42.0 Å². The van der Waals surface area contributed by atoms with Crippen LogP contribution in [0.4, 0.5) is 0 Å². The van der Waals surface area contributed by atoms with Crippen LogP contribution in [-0.4, -0.2) is 48.2 Å². The molecular formula is C23H25ClN2O3. The van der Waals surface area contributed by atoms with Gasteiger partial charge in [0.1, 0.15) is 0 Å². The highest BCUT2D eigenvalue weighted by atomic mass is 35.5. The Labute approximate surface area is 176 Å². The van der Waals surface area contributed by atoms with Gasteiger partial charge in [-0.1, -0.05) is 35.9 Å². The highest BCUT2D eigenvalue weighted by molar-refractivity contribution is 6.31. The molecule has 2 aromatic carbocycles. The Morgan fingerprint density at radius 3 is 2.66 bits per heavy atom. The second kappa shape index (κ2) is 7.88. The first-order valence-electron chi connectivity index (χ1n) is 10.3. The van der Waals surface area contributed by atoms with Gasteiger partial charge >= 0.3 is 0 Å². The number of aryl methyl sites for hydroxylation is 1. The van der Waals surface area contributed by atoms with Crippen molar-refractivity contribution in [3.63, 3.8) is 0 Å². The number of benzene rings is 2. The van der Waals surface area contributed by atoms with Crippen LogP contribution in [0, 0.1) is 0 Å². The molecule has 3 aliphatic rings. The van der Waals surface area contributed by atoms with Crippen molar-refractivity contribution in [2.24, 2.45) is 0 Å². The summed E-state index contributed by atoms with van der Waals surface area (Å²) in [4.78, 5) is 17.2. The van der Waals surface area contributed by atoms with E-state index in [9.17, 15) is 4.79 Å². The highest BCUT2D eigenvalue weighted by Gasteiger charge is 2.29. The van der Waals surface area contributed by atoms with E-state index in [4.69, 9.17) is 21.1 Å². The third-order valence-corrected chi connectivity index (χ3v) is 6.71. The SMILES string of the molecule is O=C1CCN(C2CCc3ccccc3C2)CCN1Cc1cc2c(cc1Cl)OCO2. The van der Waals surface area contributed by atoms with E-state index >= 15 is 0 Å². The average molecular weight is 413 g/mol. The smallest absolute Gasteiger partial charge is 0.231 e. The van der Waals surface area contributed by atoms with Crippen molar-refractivity contribution in [2.45, 2.75) is 38.3 Å². The lowest BCUT2D eigenvalue weighted by Gasteiger charge is -2.34. The second-order valence-electron chi connectivity index (χ2n) is 8.06. The summed E-state index contributed by atoms with van der Waals surface area (Å²) in [7, 11) is 0. The molecular weight excluding hydrogens is 388 g/mol. The molecule has 5 rings (SSSR count). The van der Waals surface area contributed by atoms with Crippen molar-refractivity contribution in [3.8, 4) is 11.5 Å². The van der Waals surface area contributed by atoms with Crippen LogP contribution in [-0.2, 0) is 24.2 Å². The molecule has 0 saturated carbocycles. The van der Waals surface area contributed by atoms with Crippen molar-refractivity contribution in [3.05, 3.63) is 58.1 Å². The Kier molecular flexibility index (Phi) is 5.10. The summed E-state index contributed by atoms with van der Waals surface area (Å²) in [6.45, 7) is 3.19. The number of nitrogens with zero attached hydrogens (tertiary/aromatic N) is 2. The Morgan fingerprint density at radius 1 is 1.00 bits per heavy atom. The Morgan fingerprint density at radius 2 is 1.79 bits per heavy atom. The number of hydrogen-bond donors (Lipinski definition) is 0. The summed E-state index contributed by atoms with van der Waals surface area (Å²) in [5.41, 5.74) is 3.85. The number of rotatable bonds is 3. The maximum Gasteiger partial charge on any atom is 0.231 e. The summed E-state index contributed by atoms with van der Waals surface area (Å²) in [5, 5.41) is 0.618. The summed E-state index contributed by atoms with van der Waals surface area (Å²) in [5.74, 6) is 1.57. The largest absolute Gasteiger partial charge is 0.454 e. The molecule has 1 unspecified atom stereocenters. The molecule has 2 heterocycles. The fourth-order valence-corrected chi connectivity index (χ4v) is 4.91. The normalized spacial score (nSPS) is 21.8. The fraction of sp³-hybridized carbons (Fsp3) is 0.435. The first kappa shape index (κ1) is 18.8. The van der Waals surface area contributed by atoms with Crippen LogP contribution in [0.25, 0.3) is 0 Å². The minimum absolute atomic E-state index is 0.192. The van der Waals surface area contributed by atoms with E-state index in [1.807, 2.05) is 11.0 Å². The maximum absolute atomic E-state index is 12.8. The maximum atomic E-state index is 12.8. The lowest BCUT2D eigenvalue weighted by molar-refractivity contribution is -0.130. The molecule has 1 amide bonds. The number of amides is 1. The van der Waals surface area contributed by atoms with E-state index < -0.39 is 0 Å². The first-order valence-corrected chi connectivity index (χ1v) is 10.7. The molecule has 0 radical (unpaired) electrons. The van der Waals surface area contributed by atoms with Crippen LogP contribution in [0.5, 0.6) is 11.5 Å². The predicted octanol–water partition coefficient (Wildman–Crippen LogP) is 3.66. The zero-order chi connectivity index (χ0) is 19.8. The molecule has 29 heavy (non-hydrogen) atoms. The van der Waals surface area contributed by atoms with E-state index in [0.29, 0.717) is 35.5 Å². The van der Waals surface area contributed by atoms with Crippen LogP contribution >= 0.6 is 11.6 Å². The molecule has 0 aromatic heterocycles. The van der Waals surface area contributed by atoms with Crippen LogP contribution in [0.15, 0.2) is 36.4 Å². The zero-order valence-electron chi connectivity index (χ0n) is 16.4. The minimum atomic E-state index is 0.192. The number of carbonyl (C=O) groups excluding carboxylic acids is 1. The Balaban J connectivity index is 1.26. The van der Waals surface area contributed by atoms with Crippen LogP contribution in [0.2, 0.25) is 5.02 Å². The Hall–Kier alpha value is -2.24. The quantitative estimate of drug-likeness (QED) is 0.771. The van der Waals surface area contributed by atoms with Gasteiger partial charge in [-0.2, -0.15) is 0 Å². The molecule has 1 aliphatic carbocycles. The molecule has 152 valence electrons. The number of halogens is 1. The van der Waals surface area contributed by atoms with Gasteiger partial charge < -0.3 is 14.4 Å². The van der Waals surface area contributed by atoms with Gasteiger partial charge in [0.05, 0.1) is 0 Å². The number of fused-ring (bicyclic) bond motifs is 2. The third-order valence-electron chi connectivity index (χ3n) is 6.36. The van der Waals surface area contributed by atoms with Gasteiger partial charge in [0.2, 0.25) is 12.7 Å². The summed E-state index contributed by atoms with van der Waals surface area (Å²) in [6.07, 6.45) is 3.93. The van der Waals surface area contributed by atoms with E-state index in [-0.39, 0.29) is 12.7 Å². The number of carbonyl (C=O) groups is 1. The molecule has 2 aromatic rings. The van der Waals surface area contributed by atoms with Gasteiger partial charge in [0, 0.05) is 49.7 Å². The van der Waals surface area contributed by atoms with E-state index in [1.165, 1.54) is 17.5 Å². The molecule has 0 bridgehead atoms. The lowest BCUT2D eigenvalue weighted by atomic mass is 9.87. The standard InChI is InChI=1S/C23H25ClN2O3/c24-20-13-22-21(28-15-29-22)12-18(20)14-26-10-9-25(8-7-23(26)27)19-6-5-16-3-1-2-4-17(16)11-19/h1-4,12-13,19H,5-11,14-15H2. The van der Waals surface area contributed by atoms with Crippen molar-refractivity contribution in [1.29, 1.82) is 0 Å². The third kappa shape index (κ3) is 3.81. The lowest BCUT2D eigenvalue weighted by Crippen LogP contribution is -2.41. The van der Waals surface area contributed by atoms with Gasteiger partial charge in [0.15, 0.2) is 11.5 Å². The molecule has 1 atom stereocenters. The van der Waals surface area contributed by atoms with Gasteiger partial charge in [-0.3, -0.25) is 9.69 Å². The molecule has 1 fully saturated rings. The van der Waals surface area contributed by atoms with Crippen molar-refractivity contribution in [2.75, 3.05) is 26.4 Å². The topological polar surface area (TPSA) is 42.0 Å². The van der Waals surface area contributed by atoms with Crippen LogP contribution < -0.4 is 9.47 Å². The van der Waals surface area contributed by atoms with Gasteiger partial charge in [-0.25, -0.2) is 0 Å². The molecule has 1 saturated heterocycles. The first-order chi connectivity index (χ1) is 14.2. The zero-order valence-corrected chi connectivity index (χ0v) is 17.2. The van der Waals surface area contributed by atoms with Crippen molar-refractivity contribution < 1.29 is 14.3 Å². The highest BCUT2D eigenvalue weighted by Crippen LogP contribution is 2.37. The van der Waals surface area contributed by atoms with E-state index in [0.717, 1.165) is 38.0 Å². The average Bonchev–Trinajstić information content (AvgIpc) is 3.11. The minimum Gasteiger partial charge on any atom is -0.454 e. The van der Waals surface area contributed by atoms with Gasteiger partial charge in [0.25, 0.3) is 0 Å². The van der Waals surface area contributed by atoms with Crippen LogP contribution in [0.1, 0.15) is 29.5 Å². The van der Waals surface area contributed by atoms with Crippen LogP contribution in [0.3, 0.4) is 0 Å². The molecule has 5 nitrogen and oxygen atoms in total. The molecule has 0 spiro atoms. The number of ether oxygens (including phenoxy) is 2. The molecule has 2 aliphatic heterocycles. The Bertz CT molecular complexity index is 932. The summed E-state index contributed by atoms with van der Waals surface area (Å²) < 4.78 is 10.8. The second-order valence-corrected chi connectivity index (χ2v) is 8.47. The van der Waals surface area contributed by atoms with Gasteiger partial charge in [-0.15, -0.1) is 0 Å². The van der Waals surface area contributed by atoms with E-state index in [1.54, 1.807) is 6.07 Å². The molecule has 6 heteroatoms. The number of hydrogen-bond acceptors (Lipinski definition) is 4. The molecule has 0 N–H and O–H groups in total. The summed E-state index contributed by atoms with van der Waals surface area (Å²) >= 11 is 6.43. The predicted molar refractivity (Wildman–Crippen MR) is 111 cm³/mol.